The lowest BCUT2D eigenvalue weighted by molar-refractivity contribution is -0.121. The molecular weight excluding hydrogens is 274 g/mol. The third kappa shape index (κ3) is 3.31. The molecule has 108 valence electrons. The predicted octanol–water partition coefficient (Wildman–Crippen LogP) is 3.08. The van der Waals surface area contributed by atoms with Gasteiger partial charge in [-0.2, -0.15) is 0 Å². The molecule has 4 nitrogen and oxygen atoms in total. The fourth-order valence-electron chi connectivity index (χ4n) is 2.14. The maximum Gasteiger partial charge on any atom is 0.221 e. The molecule has 0 spiro atoms. The van der Waals surface area contributed by atoms with Crippen LogP contribution < -0.4 is 5.32 Å². The van der Waals surface area contributed by atoms with E-state index in [0.29, 0.717) is 18.8 Å². The Morgan fingerprint density at radius 3 is 2.90 bits per heavy atom. The van der Waals surface area contributed by atoms with Crippen molar-refractivity contribution in [2.75, 3.05) is 0 Å². The van der Waals surface area contributed by atoms with E-state index in [0.717, 1.165) is 23.3 Å². The molecule has 0 saturated carbocycles. The average molecular weight is 294 g/mol. The zero-order chi connectivity index (χ0) is 14.5. The van der Waals surface area contributed by atoms with Crippen molar-refractivity contribution < 1.29 is 4.79 Å². The lowest BCUT2D eigenvalue weighted by atomic mass is 10.2. The summed E-state index contributed by atoms with van der Waals surface area (Å²) in [4.78, 5) is 16.4. The molecule has 0 fully saturated rings. The first-order valence-corrected chi connectivity index (χ1v) is 7.48. The van der Waals surface area contributed by atoms with E-state index in [1.54, 1.807) is 0 Å². The Bertz CT molecular complexity index is 594. The molecule has 0 bridgehead atoms. The van der Waals surface area contributed by atoms with E-state index in [4.69, 9.17) is 11.6 Å². The van der Waals surface area contributed by atoms with Crippen LogP contribution in [0.5, 0.6) is 0 Å². The average Bonchev–Trinajstić information content (AvgIpc) is 2.82. The van der Waals surface area contributed by atoms with Gasteiger partial charge in [-0.3, -0.25) is 4.79 Å². The van der Waals surface area contributed by atoms with Gasteiger partial charge in [-0.05, 0) is 25.5 Å². The molecular formula is C15H20ClN3O. The topological polar surface area (TPSA) is 46.9 Å². The van der Waals surface area contributed by atoms with E-state index in [9.17, 15) is 4.79 Å². The molecule has 0 aliphatic rings. The number of halogens is 1. The normalized spacial score (nSPS) is 12.6. The first-order valence-electron chi connectivity index (χ1n) is 6.95. The summed E-state index contributed by atoms with van der Waals surface area (Å²) in [6.45, 7) is 4.67. The van der Waals surface area contributed by atoms with Crippen molar-refractivity contribution in [2.24, 2.45) is 0 Å². The Kier molecular flexibility index (Phi) is 5.01. The lowest BCUT2D eigenvalue weighted by Gasteiger charge is -2.12. The van der Waals surface area contributed by atoms with Gasteiger partial charge in [-0.25, -0.2) is 4.98 Å². The number of amides is 1. The molecule has 0 aliphatic heterocycles. The molecule has 1 aromatic heterocycles. The first-order chi connectivity index (χ1) is 9.65. The fourth-order valence-corrected chi connectivity index (χ4v) is 2.34. The molecule has 1 amide bonds. The largest absolute Gasteiger partial charge is 0.354 e. The van der Waals surface area contributed by atoms with Crippen LogP contribution in [-0.4, -0.2) is 21.5 Å². The monoisotopic (exact) mass is 293 g/mol. The van der Waals surface area contributed by atoms with Gasteiger partial charge in [-0.1, -0.05) is 19.1 Å². The van der Waals surface area contributed by atoms with Crippen LogP contribution in [0.4, 0.5) is 0 Å². The number of rotatable bonds is 6. The molecule has 0 aliphatic carbocycles. The van der Waals surface area contributed by atoms with E-state index in [1.807, 2.05) is 35.8 Å². The van der Waals surface area contributed by atoms with Crippen LogP contribution in [0.25, 0.3) is 11.0 Å². The van der Waals surface area contributed by atoms with Gasteiger partial charge in [-0.15, -0.1) is 11.6 Å². The predicted molar refractivity (Wildman–Crippen MR) is 81.8 cm³/mol. The number of fused-ring (bicyclic) bond motifs is 1. The lowest BCUT2D eigenvalue weighted by Crippen LogP contribution is -2.32. The third-order valence-electron chi connectivity index (χ3n) is 3.44. The molecule has 1 N–H and O–H groups in total. The number of nitrogens with zero attached hydrogens (tertiary/aromatic N) is 2. The summed E-state index contributed by atoms with van der Waals surface area (Å²) in [5.74, 6) is 1.23. The van der Waals surface area contributed by atoms with Crippen LogP contribution >= 0.6 is 11.6 Å². The molecule has 2 rings (SSSR count). The van der Waals surface area contributed by atoms with E-state index in [2.05, 4.69) is 17.2 Å². The van der Waals surface area contributed by atoms with Gasteiger partial charge < -0.3 is 9.88 Å². The smallest absolute Gasteiger partial charge is 0.221 e. The summed E-state index contributed by atoms with van der Waals surface area (Å²) in [5, 5.41) is 2.97. The Morgan fingerprint density at radius 1 is 1.45 bits per heavy atom. The minimum Gasteiger partial charge on any atom is -0.354 e. The minimum absolute atomic E-state index is 0.0673. The van der Waals surface area contributed by atoms with Crippen molar-refractivity contribution in [2.45, 2.75) is 45.2 Å². The fraction of sp³-hybridized carbons (Fsp3) is 0.467. The van der Waals surface area contributed by atoms with Gasteiger partial charge in [0.2, 0.25) is 5.91 Å². The second-order valence-electron chi connectivity index (χ2n) is 4.93. The van der Waals surface area contributed by atoms with E-state index >= 15 is 0 Å². The molecule has 1 unspecified atom stereocenters. The van der Waals surface area contributed by atoms with Gasteiger partial charge >= 0.3 is 0 Å². The molecule has 1 atom stereocenters. The third-order valence-corrected chi connectivity index (χ3v) is 3.67. The van der Waals surface area contributed by atoms with Gasteiger partial charge in [0.05, 0.1) is 16.9 Å². The molecule has 5 heteroatoms. The standard InChI is InChI=1S/C15H20ClN3O/c1-3-11(2)17-15(20)8-9-19-13-7-5-4-6-12(13)18-14(19)10-16/h4-7,11H,3,8-10H2,1-2H3,(H,17,20). The number of benzene rings is 1. The van der Waals surface area contributed by atoms with Gasteiger partial charge in [0, 0.05) is 19.0 Å². The van der Waals surface area contributed by atoms with Crippen molar-refractivity contribution in [1.82, 2.24) is 14.9 Å². The maximum absolute atomic E-state index is 11.9. The Balaban J connectivity index is 2.11. The van der Waals surface area contributed by atoms with Crippen molar-refractivity contribution in [3.8, 4) is 0 Å². The molecule has 20 heavy (non-hydrogen) atoms. The quantitative estimate of drug-likeness (QED) is 0.832. The summed E-state index contributed by atoms with van der Waals surface area (Å²) in [5.41, 5.74) is 1.95. The summed E-state index contributed by atoms with van der Waals surface area (Å²) < 4.78 is 2.03. The molecule has 2 aromatic rings. The number of nitrogens with one attached hydrogen (secondary N) is 1. The second kappa shape index (κ2) is 6.75. The highest BCUT2D eigenvalue weighted by Crippen LogP contribution is 2.17. The van der Waals surface area contributed by atoms with E-state index < -0.39 is 0 Å². The number of aromatic nitrogens is 2. The molecule has 1 heterocycles. The minimum atomic E-state index is 0.0673. The number of aryl methyl sites for hydroxylation is 1. The molecule has 0 saturated heterocycles. The zero-order valence-corrected chi connectivity index (χ0v) is 12.7. The summed E-state index contributed by atoms with van der Waals surface area (Å²) in [6, 6.07) is 8.10. The Hall–Kier alpha value is -1.55. The summed E-state index contributed by atoms with van der Waals surface area (Å²) in [6.07, 6.45) is 1.38. The van der Waals surface area contributed by atoms with Crippen LogP contribution in [-0.2, 0) is 17.2 Å². The van der Waals surface area contributed by atoms with E-state index in [-0.39, 0.29) is 11.9 Å². The van der Waals surface area contributed by atoms with Gasteiger partial charge in [0.15, 0.2) is 0 Å². The van der Waals surface area contributed by atoms with Gasteiger partial charge in [0.25, 0.3) is 0 Å². The zero-order valence-electron chi connectivity index (χ0n) is 11.9. The van der Waals surface area contributed by atoms with Crippen molar-refractivity contribution in [1.29, 1.82) is 0 Å². The number of imidazole rings is 1. The van der Waals surface area contributed by atoms with Gasteiger partial charge in [0.1, 0.15) is 5.82 Å². The highest BCUT2D eigenvalue weighted by Gasteiger charge is 2.11. The highest BCUT2D eigenvalue weighted by molar-refractivity contribution is 6.16. The SMILES string of the molecule is CCC(C)NC(=O)CCn1c(CCl)nc2ccccc21. The van der Waals surface area contributed by atoms with Crippen LogP contribution in [0.2, 0.25) is 0 Å². The van der Waals surface area contributed by atoms with Crippen molar-refractivity contribution in [3.05, 3.63) is 30.1 Å². The number of hydrogen-bond donors (Lipinski definition) is 1. The molecule has 1 aromatic carbocycles. The summed E-state index contributed by atoms with van der Waals surface area (Å²) in [7, 11) is 0. The van der Waals surface area contributed by atoms with Crippen LogP contribution in [0.3, 0.4) is 0 Å². The van der Waals surface area contributed by atoms with Crippen LogP contribution in [0.1, 0.15) is 32.5 Å². The number of carbonyl (C=O) groups excluding carboxylic acids is 1. The Morgan fingerprint density at radius 2 is 2.20 bits per heavy atom. The van der Waals surface area contributed by atoms with Crippen LogP contribution in [0, 0.1) is 0 Å². The Labute approximate surface area is 124 Å². The second-order valence-corrected chi connectivity index (χ2v) is 5.20. The van der Waals surface area contributed by atoms with E-state index in [1.165, 1.54) is 0 Å². The first kappa shape index (κ1) is 14.9. The van der Waals surface area contributed by atoms with Crippen molar-refractivity contribution >= 4 is 28.5 Å². The number of carbonyl (C=O) groups is 1. The van der Waals surface area contributed by atoms with Crippen LogP contribution in [0.15, 0.2) is 24.3 Å². The molecule has 0 radical (unpaired) electrons. The number of para-hydroxylation sites is 2. The highest BCUT2D eigenvalue weighted by atomic mass is 35.5. The summed E-state index contributed by atoms with van der Waals surface area (Å²) >= 11 is 5.94. The van der Waals surface area contributed by atoms with Crippen molar-refractivity contribution in [3.63, 3.8) is 0 Å². The number of alkyl halides is 1. The maximum atomic E-state index is 11.9. The number of hydrogen-bond acceptors (Lipinski definition) is 2.